The average molecular weight is 313 g/mol. The number of sulfonamides is 1. The van der Waals surface area contributed by atoms with E-state index in [2.05, 4.69) is 14.9 Å². The summed E-state index contributed by atoms with van der Waals surface area (Å²) in [5.41, 5.74) is 2.91. The van der Waals surface area contributed by atoms with E-state index in [1.165, 1.54) is 0 Å². The summed E-state index contributed by atoms with van der Waals surface area (Å²) in [6.07, 6.45) is 1.65. The quantitative estimate of drug-likeness (QED) is 0.777. The first-order valence-corrected chi connectivity index (χ1v) is 8.23. The van der Waals surface area contributed by atoms with Crippen LogP contribution in [0.3, 0.4) is 0 Å². The zero-order valence-corrected chi connectivity index (χ0v) is 12.8. The molecule has 22 heavy (non-hydrogen) atoms. The van der Waals surface area contributed by atoms with Crippen LogP contribution in [-0.2, 0) is 10.0 Å². The normalized spacial score (nSPS) is 11.3. The summed E-state index contributed by atoms with van der Waals surface area (Å²) in [5, 5.41) is 6.76. The molecular weight excluding hydrogens is 298 g/mol. The van der Waals surface area contributed by atoms with Crippen molar-refractivity contribution < 1.29 is 8.42 Å². The molecule has 0 saturated heterocycles. The lowest BCUT2D eigenvalue weighted by Gasteiger charge is -2.11. The lowest BCUT2D eigenvalue weighted by Crippen LogP contribution is -2.14. The van der Waals surface area contributed by atoms with Crippen molar-refractivity contribution in [2.75, 3.05) is 4.72 Å². The molecule has 2 N–H and O–H groups in total. The Hall–Kier alpha value is -2.60. The fourth-order valence-electron chi connectivity index (χ4n) is 2.23. The number of nitrogens with one attached hydrogen (secondary N) is 2. The standard InChI is InChI=1S/C16H15N3O2S/c1-12-5-2-3-8-16(12)22(20,21)19-14-7-4-6-13(11-14)15-9-10-17-18-15/h2-11,19H,1H3,(H,17,18). The van der Waals surface area contributed by atoms with Gasteiger partial charge < -0.3 is 0 Å². The number of aryl methyl sites for hydroxylation is 1. The molecule has 0 radical (unpaired) electrons. The molecule has 0 atom stereocenters. The Balaban J connectivity index is 1.93. The van der Waals surface area contributed by atoms with Crippen LogP contribution in [-0.4, -0.2) is 18.6 Å². The van der Waals surface area contributed by atoms with Crippen LogP contribution in [0.15, 0.2) is 65.7 Å². The van der Waals surface area contributed by atoms with Gasteiger partial charge >= 0.3 is 0 Å². The van der Waals surface area contributed by atoms with Crippen LogP contribution in [0, 0.1) is 6.92 Å². The molecular formula is C16H15N3O2S. The molecule has 0 spiro atoms. The van der Waals surface area contributed by atoms with Gasteiger partial charge in [0.25, 0.3) is 10.0 Å². The summed E-state index contributed by atoms with van der Waals surface area (Å²) in [6.45, 7) is 1.77. The van der Waals surface area contributed by atoms with Gasteiger partial charge in [-0.1, -0.05) is 30.3 Å². The van der Waals surface area contributed by atoms with E-state index < -0.39 is 10.0 Å². The first-order chi connectivity index (χ1) is 10.6. The Morgan fingerprint density at radius 3 is 2.59 bits per heavy atom. The van der Waals surface area contributed by atoms with E-state index in [1.807, 2.05) is 18.2 Å². The Morgan fingerprint density at radius 1 is 1.05 bits per heavy atom. The Kier molecular flexibility index (Phi) is 3.68. The maximum Gasteiger partial charge on any atom is 0.262 e. The van der Waals surface area contributed by atoms with E-state index in [1.54, 1.807) is 49.5 Å². The predicted octanol–water partition coefficient (Wildman–Crippen LogP) is 3.19. The first-order valence-electron chi connectivity index (χ1n) is 6.74. The Morgan fingerprint density at radius 2 is 1.86 bits per heavy atom. The van der Waals surface area contributed by atoms with Gasteiger partial charge in [0.1, 0.15) is 0 Å². The Labute approximate surface area is 129 Å². The average Bonchev–Trinajstić information content (AvgIpc) is 3.01. The van der Waals surface area contributed by atoms with E-state index in [0.29, 0.717) is 11.3 Å². The minimum Gasteiger partial charge on any atom is -0.280 e. The Bertz CT molecular complexity index is 887. The van der Waals surface area contributed by atoms with Crippen LogP contribution >= 0.6 is 0 Å². The van der Waals surface area contributed by atoms with Crippen molar-refractivity contribution >= 4 is 15.7 Å². The predicted molar refractivity (Wildman–Crippen MR) is 86.0 cm³/mol. The number of hydrogen-bond acceptors (Lipinski definition) is 3. The minimum absolute atomic E-state index is 0.280. The fourth-order valence-corrected chi connectivity index (χ4v) is 3.53. The van der Waals surface area contributed by atoms with E-state index in [-0.39, 0.29) is 4.90 Å². The van der Waals surface area contributed by atoms with Gasteiger partial charge in [0, 0.05) is 17.4 Å². The zero-order valence-electron chi connectivity index (χ0n) is 11.9. The number of aromatic nitrogens is 2. The van der Waals surface area contributed by atoms with Gasteiger partial charge in [-0.3, -0.25) is 9.82 Å². The van der Waals surface area contributed by atoms with Gasteiger partial charge in [-0.15, -0.1) is 0 Å². The number of H-pyrrole nitrogens is 1. The van der Waals surface area contributed by atoms with Gasteiger partial charge in [0.15, 0.2) is 0 Å². The molecule has 0 unspecified atom stereocenters. The molecule has 6 heteroatoms. The molecule has 0 amide bonds. The molecule has 0 aliphatic heterocycles. The van der Waals surface area contributed by atoms with Gasteiger partial charge in [-0.2, -0.15) is 5.10 Å². The van der Waals surface area contributed by atoms with Crippen molar-refractivity contribution in [3.05, 3.63) is 66.4 Å². The molecule has 5 nitrogen and oxygen atoms in total. The molecule has 0 saturated carbocycles. The molecule has 1 heterocycles. The molecule has 0 bridgehead atoms. The van der Waals surface area contributed by atoms with Crippen molar-refractivity contribution in [2.45, 2.75) is 11.8 Å². The van der Waals surface area contributed by atoms with Crippen LogP contribution in [0.1, 0.15) is 5.56 Å². The van der Waals surface area contributed by atoms with E-state index >= 15 is 0 Å². The second-order valence-corrected chi connectivity index (χ2v) is 6.57. The van der Waals surface area contributed by atoms with Crippen LogP contribution < -0.4 is 4.72 Å². The lowest BCUT2D eigenvalue weighted by molar-refractivity contribution is 0.600. The number of nitrogens with zero attached hydrogens (tertiary/aromatic N) is 1. The van der Waals surface area contributed by atoms with Crippen molar-refractivity contribution in [2.24, 2.45) is 0 Å². The third-order valence-electron chi connectivity index (χ3n) is 3.31. The monoisotopic (exact) mass is 313 g/mol. The van der Waals surface area contributed by atoms with Crippen molar-refractivity contribution in [1.29, 1.82) is 0 Å². The van der Waals surface area contributed by atoms with E-state index in [0.717, 1.165) is 11.3 Å². The van der Waals surface area contributed by atoms with E-state index in [4.69, 9.17) is 0 Å². The maximum atomic E-state index is 12.5. The second-order valence-electron chi connectivity index (χ2n) is 4.92. The molecule has 0 fully saturated rings. The summed E-state index contributed by atoms with van der Waals surface area (Å²) in [4.78, 5) is 0.280. The third-order valence-corrected chi connectivity index (χ3v) is 4.85. The third kappa shape index (κ3) is 2.87. The highest BCUT2D eigenvalue weighted by Gasteiger charge is 2.16. The molecule has 1 aromatic heterocycles. The van der Waals surface area contributed by atoms with Crippen molar-refractivity contribution in [1.82, 2.24) is 10.2 Å². The highest BCUT2D eigenvalue weighted by atomic mass is 32.2. The maximum absolute atomic E-state index is 12.5. The van der Waals surface area contributed by atoms with Crippen LogP contribution in [0.5, 0.6) is 0 Å². The summed E-state index contributed by atoms with van der Waals surface area (Å²) in [5.74, 6) is 0. The summed E-state index contributed by atoms with van der Waals surface area (Å²) >= 11 is 0. The molecule has 0 aliphatic carbocycles. The van der Waals surface area contributed by atoms with Crippen LogP contribution in [0.25, 0.3) is 11.3 Å². The lowest BCUT2D eigenvalue weighted by atomic mass is 10.1. The molecule has 112 valence electrons. The first kappa shape index (κ1) is 14.3. The number of rotatable bonds is 4. The van der Waals surface area contributed by atoms with Gasteiger partial charge in [0.2, 0.25) is 0 Å². The van der Waals surface area contributed by atoms with Crippen molar-refractivity contribution in [3.63, 3.8) is 0 Å². The zero-order chi connectivity index (χ0) is 15.6. The number of anilines is 1. The van der Waals surface area contributed by atoms with Gasteiger partial charge in [-0.25, -0.2) is 8.42 Å². The summed E-state index contributed by atoms with van der Waals surface area (Å²) in [6, 6.07) is 15.9. The molecule has 2 aromatic carbocycles. The topological polar surface area (TPSA) is 74.8 Å². The number of aromatic amines is 1. The second kappa shape index (κ2) is 5.65. The number of hydrogen-bond donors (Lipinski definition) is 2. The van der Waals surface area contributed by atoms with Crippen molar-refractivity contribution in [3.8, 4) is 11.3 Å². The van der Waals surface area contributed by atoms with Crippen LogP contribution in [0.2, 0.25) is 0 Å². The highest BCUT2D eigenvalue weighted by Crippen LogP contribution is 2.23. The fraction of sp³-hybridized carbons (Fsp3) is 0.0625. The summed E-state index contributed by atoms with van der Waals surface area (Å²) < 4.78 is 27.6. The largest absolute Gasteiger partial charge is 0.280 e. The van der Waals surface area contributed by atoms with Gasteiger partial charge in [-0.05, 0) is 36.8 Å². The minimum atomic E-state index is -3.61. The SMILES string of the molecule is Cc1ccccc1S(=O)(=O)Nc1cccc(-c2ccn[nH]2)c1. The highest BCUT2D eigenvalue weighted by molar-refractivity contribution is 7.92. The molecule has 0 aliphatic rings. The van der Waals surface area contributed by atoms with Crippen LogP contribution in [0.4, 0.5) is 5.69 Å². The smallest absolute Gasteiger partial charge is 0.262 e. The summed E-state index contributed by atoms with van der Waals surface area (Å²) in [7, 11) is -3.61. The van der Waals surface area contributed by atoms with E-state index in [9.17, 15) is 8.42 Å². The van der Waals surface area contributed by atoms with Gasteiger partial charge in [0.05, 0.1) is 10.6 Å². The molecule has 3 rings (SSSR count). The molecule has 3 aromatic rings. The number of benzene rings is 2.